The van der Waals surface area contributed by atoms with E-state index < -0.39 is 0 Å². The lowest BCUT2D eigenvalue weighted by atomic mass is 10.1. The van der Waals surface area contributed by atoms with E-state index in [9.17, 15) is 9.59 Å². The van der Waals surface area contributed by atoms with Crippen molar-refractivity contribution in [2.24, 2.45) is 0 Å². The smallest absolute Gasteiger partial charge is 0.194 e. The Morgan fingerprint density at radius 1 is 0.684 bits per heavy atom. The number of fused-ring (bicyclic) bond motifs is 2. The van der Waals surface area contributed by atoms with Crippen LogP contribution in [0.2, 0.25) is 5.02 Å². The van der Waals surface area contributed by atoms with Gasteiger partial charge in [0.05, 0.1) is 5.02 Å². The average Bonchev–Trinajstić information content (AvgIpc) is 2.45. The van der Waals surface area contributed by atoms with Crippen LogP contribution in [0.15, 0.2) is 64.2 Å². The molecule has 0 bridgehead atoms. The van der Waals surface area contributed by atoms with Gasteiger partial charge in [-0.2, -0.15) is 0 Å². The molecule has 2 nitrogen and oxygen atoms in total. The Morgan fingerprint density at radius 3 is 1.79 bits per heavy atom. The van der Waals surface area contributed by atoms with Crippen molar-refractivity contribution in [3.8, 4) is 0 Å². The molecular formula is C16H9ClO2. The number of benzene rings is 2. The topological polar surface area (TPSA) is 34.1 Å². The molecule has 3 aromatic carbocycles. The van der Waals surface area contributed by atoms with Crippen molar-refractivity contribution in [2.45, 2.75) is 0 Å². The lowest BCUT2D eigenvalue weighted by molar-refractivity contribution is 1.65. The molecule has 0 atom stereocenters. The summed E-state index contributed by atoms with van der Waals surface area (Å²) in [5.41, 5.74) is -0.422. The molecule has 0 aromatic heterocycles. The average molecular weight is 269 g/mol. The van der Waals surface area contributed by atoms with Crippen LogP contribution in [-0.2, 0) is 0 Å². The van der Waals surface area contributed by atoms with Crippen LogP contribution in [-0.4, -0.2) is 0 Å². The SMILES string of the molecule is O=c1cc(Cl)c2ccccc2c(=O)c2ccccc12. The third-order valence-corrected chi connectivity index (χ3v) is 3.44. The maximum absolute atomic E-state index is 12.5. The molecule has 3 aromatic rings. The quantitative estimate of drug-likeness (QED) is 0.626. The number of rotatable bonds is 0. The normalized spacial score (nSPS) is 10.8. The molecule has 19 heavy (non-hydrogen) atoms. The molecule has 0 spiro atoms. The van der Waals surface area contributed by atoms with Crippen LogP contribution < -0.4 is 10.9 Å². The van der Waals surface area contributed by atoms with Crippen LogP contribution in [0.1, 0.15) is 0 Å². The van der Waals surface area contributed by atoms with Gasteiger partial charge >= 0.3 is 0 Å². The van der Waals surface area contributed by atoms with E-state index in [1.165, 1.54) is 6.07 Å². The minimum atomic E-state index is -0.247. The molecule has 0 saturated carbocycles. The van der Waals surface area contributed by atoms with Gasteiger partial charge < -0.3 is 0 Å². The molecule has 0 saturated heterocycles. The van der Waals surface area contributed by atoms with Crippen LogP contribution in [0.5, 0.6) is 0 Å². The minimum absolute atomic E-state index is 0.175. The first-order valence-electron chi connectivity index (χ1n) is 5.83. The fraction of sp³-hybridized carbons (Fsp3) is 0. The molecule has 3 rings (SSSR count). The van der Waals surface area contributed by atoms with E-state index in [2.05, 4.69) is 0 Å². The van der Waals surface area contributed by atoms with Crippen molar-refractivity contribution in [3.05, 3.63) is 80.1 Å². The van der Waals surface area contributed by atoms with Crippen LogP contribution >= 0.6 is 11.6 Å². The lowest BCUT2D eigenvalue weighted by Gasteiger charge is -1.98. The summed E-state index contributed by atoms with van der Waals surface area (Å²) >= 11 is 6.14. The zero-order valence-corrected chi connectivity index (χ0v) is 10.6. The molecule has 0 fully saturated rings. The molecule has 92 valence electrons. The first-order chi connectivity index (χ1) is 9.18. The minimum Gasteiger partial charge on any atom is -0.289 e. The number of hydrogen-bond donors (Lipinski definition) is 0. The third kappa shape index (κ3) is 1.90. The number of hydrogen-bond acceptors (Lipinski definition) is 2. The Labute approximate surface area is 113 Å². The van der Waals surface area contributed by atoms with E-state index in [1.807, 2.05) is 0 Å². The van der Waals surface area contributed by atoms with Crippen molar-refractivity contribution in [2.75, 3.05) is 0 Å². The fourth-order valence-corrected chi connectivity index (χ4v) is 2.46. The zero-order valence-electron chi connectivity index (χ0n) is 9.89. The van der Waals surface area contributed by atoms with Gasteiger partial charge in [0.2, 0.25) is 0 Å². The van der Waals surface area contributed by atoms with Crippen LogP contribution in [0.4, 0.5) is 0 Å². The molecule has 0 radical (unpaired) electrons. The molecule has 0 aliphatic heterocycles. The second-order valence-electron chi connectivity index (χ2n) is 4.28. The molecule has 0 aliphatic carbocycles. The van der Waals surface area contributed by atoms with Gasteiger partial charge in [-0.3, -0.25) is 9.59 Å². The Hall–Kier alpha value is -2.19. The molecular weight excluding hydrogens is 260 g/mol. The van der Waals surface area contributed by atoms with Gasteiger partial charge in [0.15, 0.2) is 10.9 Å². The van der Waals surface area contributed by atoms with Gasteiger partial charge in [0.1, 0.15) is 0 Å². The summed E-state index contributed by atoms with van der Waals surface area (Å²) in [6.45, 7) is 0. The summed E-state index contributed by atoms with van der Waals surface area (Å²) in [6.07, 6.45) is 0. The zero-order chi connectivity index (χ0) is 13.4. The molecule has 0 N–H and O–H groups in total. The van der Waals surface area contributed by atoms with Gasteiger partial charge in [-0.25, -0.2) is 0 Å². The summed E-state index contributed by atoms with van der Waals surface area (Å²) in [5.74, 6) is 0. The molecule has 0 aliphatic rings. The Balaban J connectivity index is 2.77. The highest BCUT2D eigenvalue weighted by Gasteiger charge is 2.05. The van der Waals surface area contributed by atoms with Crippen molar-refractivity contribution >= 4 is 33.1 Å². The largest absolute Gasteiger partial charge is 0.289 e. The Bertz CT molecular complexity index is 917. The maximum Gasteiger partial charge on any atom is 0.194 e. The van der Waals surface area contributed by atoms with Gasteiger partial charge in [-0.1, -0.05) is 60.1 Å². The monoisotopic (exact) mass is 268 g/mol. The van der Waals surface area contributed by atoms with Crippen LogP contribution in [0, 0.1) is 0 Å². The molecule has 0 heterocycles. The molecule has 0 unspecified atom stereocenters. The van der Waals surface area contributed by atoms with Crippen molar-refractivity contribution in [3.63, 3.8) is 0 Å². The summed E-state index contributed by atoms with van der Waals surface area (Å²) in [5, 5.41) is 2.21. The van der Waals surface area contributed by atoms with E-state index in [0.717, 1.165) is 0 Å². The Morgan fingerprint density at radius 2 is 1.16 bits per heavy atom. The van der Waals surface area contributed by atoms with Crippen molar-refractivity contribution < 1.29 is 0 Å². The van der Waals surface area contributed by atoms with Crippen LogP contribution in [0.25, 0.3) is 21.5 Å². The highest BCUT2D eigenvalue weighted by molar-refractivity contribution is 6.35. The van der Waals surface area contributed by atoms with Crippen LogP contribution in [0.3, 0.4) is 0 Å². The maximum atomic E-state index is 12.5. The van der Waals surface area contributed by atoms with E-state index >= 15 is 0 Å². The highest BCUT2D eigenvalue weighted by atomic mass is 35.5. The lowest BCUT2D eigenvalue weighted by Crippen LogP contribution is -2.06. The fourth-order valence-electron chi connectivity index (χ4n) is 2.20. The summed E-state index contributed by atoms with van der Waals surface area (Å²) < 4.78 is 0. The molecule has 3 heteroatoms. The van der Waals surface area contributed by atoms with Gasteiger partial charge in [0.25, 0.3) is 0 Å². The van der Waals surface area contributed by atoms with Gasteiger partial charge in [0, 0.05) is 27.6 Å². The van der Waals surface area contributed by atoms with E-state index in [-0.39, 0.29) is 10.9 Å². The Kier molecular flexibility index (Phi) is 2.80. The van der Waals surface area contributed by atoms with E-state index in [0.29, 0.717) is 26.6 Å². The predicted octanol–water partition coefficient (Wildman–Crippen LogP) is 3.37. The summed E-state index contributed by atoms with van der Waals surface area (Å²) in [6, 6.07) is 15.2. The summed E-state index contributed by atoms with van der Waals surface area (Å²) in [4.78, 5) is 24.6. The second kappa shape index (κ2) is 4.48. The second-order valence-corrected chi connectivity index (χ2v) is 4.68. The first-order valence-corrected chi connectivity index (χ1v) is 6.21. The third-order valence-electron chi connectivity index (χ3n) is 3.12. The summed E-state index contributed by atoms with van der Waals surface area (Å²) in [7, 11) is 0. The van der Waals surface area contributed by atoms with Gasteiger partial charge in [-0.15, -0.1) is 0 Å². The van der Waals surface area contributed by atoms with E-state index in [4.69, 9.17) is 11.6 Å². The first kappa shape index (κ1) is 11.9. The predicted molar refractivity (Wildman–Crippen MR) is 79.0 cm³/mol. The van der Waals surface area contributed by atoms with Crippen molar-refractivity contribution in [1.29, 1.82) is 0 Å². The van der Waals surface area contributed by atoms with Crippen molar-refractivity contribution in [1.82, 2.24) is 0 Å². The highest BCUT2D eigenvalue weighted by Crippen LogP contribution is 2.19. The van der Waals surface area contributed by atoms with E-state index in [1.54, 1.807) is 48.5 Å². The standard InChI is InChI=1S/C16H9ClO2/c17-14-9-15(18)11-6-2-4-8-13(11)16(19)12-7-3-1-5-10(12)14/h1-9H. The number of halogens is 1. The van der Waals surface area contributed by atoms with Gasteiger partial charge in [-0.05, 0) is 0 Å². The molecule has 0 amide bonds.